The molecule has 1 unspecified atom stereocenters. The van der Waals surface area contributed by atoms with Gasteiger partial charge in [-0.15, -0.1) is 24.0 Å². The Balaban J connectivity index is 0.00000256. The molecule has 0 amide bonds. The topological polar surface area (TPSA) is 55.8 Å². The average molecular weight is 565 g/mol. The molecule has 0 radical (unpaired) electrons. The van der Waals surface area contributed by atoms with Crippen molar-refractivity contribution in [3.63, 3.8) is 0 Å². The SMILES string of the molecule is CN=C(NCC1(N2CCSCC2)CCCC1)NC1CCN(c2ncccc2Cl)C1.I. The standard InChI is InChI=1S/C21H33ClN6S.HI/c1-23-20(25-16-21(7-2-3-8-21)28-11-13-29-14-12-28)26-17-6-10-27(15-17)19-18(22)5-4-9-24-19;/h4-5,9,17H,2-3,6-8,10-16H2,1H3,(H2,23,25,26);1H. The molecule has 168 valence electrons. The number of aliphatic imine (C=N–C) groups is 1. The van der Waals surface area contributed by atoms with Gasteiger partial charge in [-0.25, -0.2) is 4.98 Å². The molecule has 1 aromatic heterocycles. The molecule has 0 bridgehead atoms. The molecule has 0 spiro atoms. The monoisotopic (exact) mass is 564 g/mol. The van der Waals surface area contributed by atoms with Gasteiger partial charge in [0, 0.05) is 69.1 Å². The van der Waals surface area contributed by atoms with Crippen molar-refractivity contribution >= 4 is 59.1 Å². The second kappa shape index (κ2) is 11.4. The molecule has 9 heteroatoms. The van der Waals surface area contributed by atoms with Crippen LogP contribution in [0.25, 0.3) is 0 Å². The number of anilines is 1. The van der Waals surface area contributed by atoms with Gasteiger partial charge >= 0.3 is 0 Å². The fourth-order valence-corrected chi connectivity index (χ4v) is 6.14. The number of guanidine groups is 1. The Morgan fingerprint density at radius 3 is 2.77 bits per heavy atom. The van der Waals surface area contributed by atoms with Gasteiger partial charge in [0.25, 0.3) is 0 Å². The number of pyridine rings is 1. The number of aromatic nitrogens is 1. The highest BCUT2D eigenvalue weighted by Crippen LogP contribution is 2.36. The molecule has 3 aliphatic rings. The quantitative estimate of drug-likeness (QED) is 0.325. The fraction of sp³-hybridized carbons (Fsp3) is 0.714. The Labute approximate surface area is 207 Å². The number of nitrogens with zero attached hydrogens (tertiary/aromatic N) is 4. The molecule has 3 fully saturated rings. The zero-order chi connectivity index (χ0) is 20.1. The summed E-state index contributed by atoms with van der Waals surface area (Å²) < 4.78 is 0. The molecule has 30 heavy (non-hydrogen) atoms. The van der Waals surface area contributed by atoms with E-state index in [0.717, 1.165) is 42.9 Å². The first kappa shape index (κ1) is 24.2. The third-order valence-corrected chi connectivity index (χ3v) is 7.83. The van der Waals surface area contributed by atoms with E-state index in [1.807, 2.05) is 25.4 Å². The highest BCUT2D eigenvalue weighted by molar-refractivity contribution is 14.0. The van der Waals surface area contributed by atoms with Crippen LogP contribution in [0.5, 0.6) is 0 Å². The maximum Gasteiger partial charge on any atom is 0.191 e. The van der Waals surface area contributed by atoms with Crippen LogP contribution < -0.4 is 15.5 Å². The summed E-state index contributed by atoms with van der Waals surface area (Å²) in [6.45, 7) is 5.29. The molecule has 1 aromatic rings. The van der Waals surface area contributed by atoms with Gasteiger partial charge in [0.1, 0.15) is 5.82 Å². The van der Waals surface area contributed by atoms with E-state index in [-0.39, 0.29) is 24.0 Å². The molecular weight excluding hydrogens is 531 g/mol. The first-order valence-corrected chi connectivity index (χ1v) is 12.4. The predicted octanol–water partition coefficient (Wildman–Crippen LogP) is 3.46. The zero-order valence-electron chi connectivity index (χ0n) is 17.8. The third kappa shape index (κ3) is 5.66. The Bertz CT molecular complexity index is 708. The molecule has 1 atom stereocenters. The summed E-state index contributed by atoms with van der Waals surface area (Å²) >= 11 is 8.42. The van der Waals surface area contributed by atoms with E-state index in [1.165, 1.54) is 50.3 Å². The maximum absolute atomic E-state index is 6.33. The molecule has 6 nitrogen and oxygen atoms in total. The third-order valence-electron chi connectivity index (χ3n) is 6.59. The predicted molar refractivity (Wildman–Crippen MR) is 140 cm³/mol. The second-order valence-electron chi connectivity index (χ2n) is 8.34. The van der Waals surface area contributed by atoms with Crippen LogP contribution in [0, 0.1) is 0 Å². The van der Waals surface area contributed by atoms with Crippen LogP contribution in [-0.2, 0) is 0 Å². The smallest absolute Gasteiger partial charge is 0.191 e. The molecule has 3 heterocycles. The van der Waals surface area contributed by atoms with Crippen molar-refractivity contribution in [3.05, 3.63) is 23.4 Å². The summed E-state index contributed by atoms with van der Waals surface area (Å²) in [6, 6.07) is 4.14. The summed E-state index contributed by atoms with van der Waals surface area (Å²) in [6.07, 6.45) is 8.17. The van der Waals surface area contributed by atoms with Crippen LogP contribution in [0.1, 0.15) is 32.1 Å². The molecule has 1 aliphatic carbocycles. The second-order valence-corrected chi connectivity index (χ2v) is 9.97. The first-order valence-electron chi connectivity index (χ1n) is 10.9. The Hall–Kier alpha value is -0.450. The van der Waals surface area contributed by atoms with E-state index in [2.05, 4.69) is 42.2 Å². The zero-order valence-corrected chi connectivity index (χ0v) is 21.7. The van der Waals surface area contributed by atoms with Crippen LogP contribution in [0.2, 0.25) is 5.02 Å². The molecule has 2 N–H and O–H groups in total. The van der Waals surface area contributed by atoms with E-state index >= 15 is 0 Å². The maximum atomic E-state index is 6.33. The number of hydrogen-bond donors (Lipinski definition) is 2. The van der Waals surface area contributed by atoms with Gasteiger partial charge in [-0.1, -0.05) is 24.4 Å². The molecule has 0 aromatic carbocycles. The van der Waals surface area contributed by atoms with Crippen molar-refractivity contribution in [2.45, 2.75) is 43.7 Å². The number of halogens is 2. The van der Waals surface area contributed by atoms with Gasteiger partial charge in [0.05, 0.1) is 5.02 Å². The van der Waals surface area contributed by atoms with Crippen LogP contribution in [0.4, 0.5) is 5.82 Å². The Kier molecular flexibility index (Phi) is 9.22. The van der Waals surface area contributed by atoms with E-state index < -0.39 is 0 Å². The lowest BCUT2D eigenvalue weighted by Gasteiger charge is -2.43. The van der Waals surface area contributed by atoms with Gasteiger partial charge < -0.3 is 15.5 Å². The van der Waals surface area contributed by atoms with E-state index in [0.29, 0.717) is 11.6 Å². The van der Waals surface area contributed by atoms with Crippen LogP contribution >= 0.6 is 47.3 Å². The lowest BCUT2D eigenvalue weighted by atomic mass is 9.94. The van der Waals surface area contributed by atoms with E-state index in [4.69, 9.17) is 11.6 Å². The molecule has 2 aliphatic heterocycles. The summed E-state index contributed by atoms with van der Waals surface area (Å²) in [5.74, 6) is 4.33. The number of nitrogens with one attached hydrogen (secondary N) is 2. The lowest BCUT2D eigenvalue weighted by molar-refractivity contribution is 0.107. The first-order chi connectivity index (χ1) is 14.2. The summed E-state index contributed by atoms with van der Waals surface area (Å²) in [5.41, 5.74) is 0.307. The van der Waals surface area contributed by atoms with Crippen molar-refractivity contribution < 1.29 is 0 Å². The minimum absolute atomic E-state index is 0. The highest BCUT2D eigenvalue weighted by Gasteiger charge is 2.40. The minimum Gasteiger partial charge on any atom is -0.355 e. The van der Waals surface area contributed by atoms with Gasteiger partial charge in [-0.3, -0.25) is 9.89 Å². The fourth-order valence-electron chi connectivity index (χ4n) is 4.99. The number of hydrogen-bond acceptors (Lipinski definition) is 5. The van der Waals surface area contributed by atoms with Crippen molar-refractivity contribution in [1.82, 2.24) is 20.5 Å². The van der Waals surface area contributed by atoms with E-state index in [1.54, 1.807) is 0 Å². The lowest BCUT2D eigenvalue weighted by Crippen LogP contribution is -2.58. The summed E-state index contributed by atoms with van der Waals surface area (Å²) in [7, 11) is 1.87. The van der Waals surface area contributed by atoms with Crippen molar-refractivity contribution in [1.29, 1.82) is 0 Å². The molecule has 1 saturated carbocycles. The summed E-state index contributed by atoms with van der Waals surface area (Å²) in [5, 5.41) is 8.03. The molecule has 4 rings (SSSR count). The largest absolute Gasteiger partial charge is 0.355 e. The van der Waals surface area contributed by atoms with Gasteiger partial charge in [-0.05, 0) is 31.4 Å². The molecular formula is C21H34ClIN6S. The van der Waals surface area contributed by atoms with Gasteiger partial charge in [-0.2, -0.15) is 11.8 Å². The normalized spacial score (nSPS) is 24.5. The van der Waals surface area contributed by atoms with Gasteiger partial charge in [0.15, 0.2) is 5.96 Å². The Morgan fingerprint density at radius 2 is 2.07 bits per heavy atom. The van der Waals surface area contributed by atoms with Crippen LogP contribution in [0.15, 0.2) is 23.3 Å². The van der Waals surface area contributed by atoms with E-state index in [9.17, 15) is 0 Å². The van der Waals surface area contributed by atoms with Gasteiger partial charge in [0.2, 0.25) is 0 Å². The van der Waals surface area contributed by atoms with Crippen LogP contribution in [-0.4, -0.2) is 78.7 Å². The Morgan fingerprint density at radius 1 is 1.30 bits per heavy atom. The minimum atomic E-state index is 0. The van der Waals surface area contributed by atoms with Crippen molar-refractivity contribution in [2.24, 2.45) is 4.99 Å². The number of rotatable bonds is 5. The number of thioether (sulfide) groups is 1. The average Bonchev–Trinajstić information content (AvgIpc) is 3.42. The molecule has 2 saturated heterocycles. The van der Waals surface area contributed by atoms with Crippen LogP contribution in [0.3, 0.4) is 0 Å². The van der Waals surface area contributed by atoms with Crippen molar-refractivity contribution in [3.8, 4) is 0 Å². The van der Waals surface area contributed by atoms with Crippen molar-refractivity contribution in [2.75, 3.05) is 56.2 Å². The highest BCUT2D eigenvalue weighted by atomic mass is 127. The summed E-state index contributed by atoms with van der Waals surface area (Å²) in [4.78, 5) is 14.0.